The summed E-state index contributed by atoms with van der Waals surface area (Å²) in [5.41, 5.74) is 4.91. The maximum absolute atomic E-state index is 12.9. The number of phenols is 1. The fraction of sp³-hybridized carbons (Fsp3) is 0.250. The summed E-state index contributed by atoms with van der Waals surface area (Å²) in [6, 6.07) is 3.10. The molecule has 1 aromatic carbocycles. The van der Waals surface area contributed by atoms with Crippen molar-refractivity contribution in [2.45, 2.75) is 6.17 Å². The van der Waals surface area contributed by atoms with Crippen molar-refractivity contribution in [2.75, 3.05) is 6.54 Å². The molecule has 0 aromatic heterocycles. The average molecular weight is 173 g/mol. The van der Waals surface area contributed by atoms with Crippen LogP contribution in [0.15, 0.2) is 18.2 Å². The van der Waals surface area contributed by atoms with Crippen molar-refractivity contribution in [1.29, 1.82) is 0 Å². The van der Waals surface area contributed by atoms with Gasteiger partial charge in [-0.2, -0.15) is 0 Å². The van der Waals surface area contributed by atoms with E-state index in [1.54, 1.807) is 0 Å². The first kappa shape index (κ1) is 8.93. The third-order valence-electron chi connectivity index (χ3n) is 1.53. The summed E-state index contributed by atoms with van der Waals surface area (Å²) in [6.45, 7) is -0.267. The zero-order chi connectivity index (χ0) is 9.14. The van der Waals surface area contributed by atoms with E-state index in [9.17, 15) is 8.78 Å². The minimum Gasteiger partial charge on any atom is -0.508 e. The van der Waals surface area contributed by atoms with Gasteiger partial charge in [0.05, 0.1) is 0 Å². The van der Waals surface area contributed by atoms with Crippen molar-refractivity contribution in [1.82, 2.24) is 0 Å². The lowest BCUT2D eigenvalue weighted by atomic mass is 10.1. The van der Waals surface area contributed by atoms with Crippen molar-refractivity contribution < 1.29 is 13.9 Å². The first-order valence-electron chi connectivity index (χ1n) is 3.47. The number of alkyl halides is 1. The Morgan fingerprint density at radius 3 is 2.75 bits per heavy atom. The second-order valence-electron chi connectivity index (χ2n) is 2.41. The molecular weight excluding hydrogens is 164 g/mol. The number of rotatable bonds is 2. The molecule has 12 heavy (non-hydrogen) atoms. The van der Waals surface area contributed by atoms with E-state index in [1.807, 2.05) is 0 Å². The van der Waals surface area contributed by atoms with E-state index < -0.39 is 12.0 Å². The molecule has 0 fully saturated rings. The molecule has 0 saturated heterocycles. The molecular formula is C8H9F2NO. The van der Waals surface area contributed by atoms with E-state index in [0.29, 0.717) is 0 Å². The predicted octanol–water partition coefficient (Wildman–Crippen LogP) is 1.50. The fourth-order valence-corrected chi connectivity index (χ4v) is 0.903. The van der Waals surface area contributed by atoms with Crippen molar-refractivity contribution >= 4 is 0 Å². The number of hydrogen-bond acceptors (Lipinski definition) is 2. The highest BCUT2D eigenvalue weighted by atomic mass is 19.1. The molecule has 0 saturated carbocycles. The number of phenolic OH excluding ortho intramolecular Hbond substituents is 1. The molecule has 0 amide bonds. The predicted molar refractivity (Wildman–Crippen MR) is 41.0 cm³/mol. The molecule has 0 aliphatic rings. The highest BCUT2D eigenvalue weighted by Crippen LogP contribution is 2.26. The van der Waals surface area contributed by atoms with Crippen LogP contribution >= 0.6 is 0 Å². The summed E-state index contributed by atoms with van der Waals surface area (Å²) >= 11 is 0. The molecule has 4 heteroatoms. The molecule has 3 N–H and O–H groups in total. The van der Waals surface area contributed by atoms with Crippen molar-refractivity contribution in [2.24, 2.45) is 5.73 Å². The van der Waals surface area contributed by atoms with Gasteiger partial charge in [0.15, 0.2) is 0 Å². The Morgan fingerprint density at radius 1 is 1.50 bits per heavy atom. The topological polar surface area (TPSA) is 46.2 Å². The maximum atomic E-state index is 12.9. The van der Waals surface area contributed by atoms with Gasteiger partial charge in [-0.25, -0.2) is 8.78 Å². The minimum atomic E-state index is -1.51. The van der Waals surface area contributed by atoms with Gasteiger partial charge >= 0.3 is 0 Å². The quantitative estimate of drug-likeness (QED) is 0.711. The van der Waals surface area contributed by atoms with Gasteiger partial charge < -0.3 is 10.8 Å². The molecule has 1 aromatic rings. The lowest BCUT2D eigenvalue weighted by Gasteiger charge is -2.07. The van der Waals surface area contributed by atoms with Gasteiger partial charge in [0.2, 0.25) is 0 Å². The highest BCUT2D eigenvalue weighted by molar-refractivity contribution is 5.34. The standard InChI is InChI=1S/C8H9F2NO/c9-5-1-2-8(12)6(3-5)7(10)4-11/h1-3,7,12H,4,11H2. The van der Waals surface area contributed by atoms with Gasteiger partial charge in [0, 0.05) is 12.1 Å². The largest absolute Gasteiger partial charge is 0.508 e. The molecule has 1 rings (SSSR count). The van der Waals surface area contributed by atoms with Crippen molar-refractivity contribution in [3.8, 4) is 5.75 Å². The summed E-state index contributed by atoms with van der Waals surface area (Å²) in [4.78, 5) is 0. The summed E-state index contributed by atoms with van der Waals surface area (Å²) in [5.74, 6) is -0.853. The maximum Gasteiger partial charge on any atom is 0.141 e. The minimum absolute atomic E-state index is 0.0995. The molecule has 1 atom stereocenters. The normalized spacial score (nSPS) is 12.9. The van der Waals surface area contributed by atoms with Gasteiger partial charge in [-0.15, -0.1) is 0 Å². The lowest BCUT2D eigenvalue weighted by Crippen LogP contribution is -2.07. The number of benzene rings is 1. The van der Waals surface area contributed by atoms with Crippen LogP contribution in [0.25, 0.3) is 0 Å². The third-order valence-corrected chi connectivity index (χ3v) is 1.53. The molecule has 2 nitrogen and oxygen atoms in total. The van der Waals surface area contributed by atoms with E-state index >= 15 is 0 Å². The Hall–Kier alpha value is -1.16. The van der Waals surface area contributed by atoms with Crippen LogP contribution in [0, 0.1) is 5.82 Å². The summed E-state index contributed by atoms with van der Waals surface area (Å²) in [7, 11) is 0. The van der Waals surface area contributed by atoms with Crippen LogP contribution in [0.3, 0.4) is 0 Å². The molecule has 0 bridgehead atoms. The van der Waals surface area contributed by atoms with Crippen LogP contribution in [-0.2, 0) is 0 Å². The first-order valence-corrected chi connectivity index (χ1v) is 3.47. The van der Waals surface area contributed by atoms with E-state index in [0.717, 1.165) is 18.2 Å². The van der Waals surface area contributed by atoms with Crippen LogP contribution in [-0.4, -0.2) is 11.7 Å². The van der Waals surface area contributed by atoms with Crippen LogP contribution in [0.4, 0.5) is 8.78 Å². The second-order valence-corrected chi connectivity index (χ2v) is 2.41. The van der Waals surface area contributed by atoms with Crippen LogP contribution < -0.4 is 5.73 Å². The molecule has 0 aliphatic heterocycles. The Morgan fingerprint density at radius 2 is 2.17 bits per heavy atom. The fourth-order valence-electron chi connectivity index (χ4n) is 0.903. The summed E-state index contributed by atoms with van der Waals surface area (Å²) < 4.78 is 25.4. The van der Waals surface area contributed by atoms with Gasteiger partial charge in [-0.05, 0) is 18.2 Å². The van der Waals surface area contributed by atoms with E-state index in [4.69, 9.17) is 10.8 Å². The smallest absolute Gasteiger partial charge is 0.141 e. The van der Waals surface area contributed by atoms with Crippen molar-refractivity contribution in [3.05, 3.63) is 29.6 Å². The number of aromatic hydroxyl groups is 1. The summed E-state index contributed by atoms with van der Waals surface area (Å²) in [6.07, 6.45) is -1.51. The molecule has 0 heterocycles. The first-order chi connectivity index (χ1) is 5.65. The van der Waals surface area contributed by atoms with Gasteiger partial charge in [-0.3, -0.25) is 0 Å². The molecule has 0 aliphatic carbocycles. The molecule has 1 unspecified atom stereocenters. The average Bonchev–Trinajstić information content (AvgIpc) is 2.08. The van der Waals surface area contributed by atoms with Crippen LogP contribution in [0.1, 0.15) is 11.7 Å². The summed E-state index contributed by atoms with van der Waals surface area (Å²) in [5, 5.41) is 9.07. The second kappa shape index (κ2) is 3.49. The van der Waals surface area contributed by atoms with E-state index in [1.165, 1.54) is 0 Å². The zero-order valence-corrected chi connectivity index (χ0v) is 6.30. The Labute approximate surface area is 68.6 Å². The Bertz CT molecular complexity index is 278. The Kier molecular flexibility index (Phi) is 2.60. The lowest BCUT2D eigenvalue weighted by molar-refractivity contribution is 0.336. The number of halogens is 2. The number of hydrogen-bond donors (Lipinski definition) is 2. The zero-order valence-electron chi connectivity index (χ0n) is 6.30. The van der Waals surface area contributed by atoms with Gasteiger partial charge in [0.1, 0.15) is 17.7 Å². The van der Waals surface area contributed by atoms with Gasteiger partial charge in [0.25, 0.3) is 0 Å². The monoisotopic (exact) mass is 173 g/mol. The molecule has 0 radical (unpaired) electrons. The highest BCUT2D eigenvalue weighted by Gasteiger charge is 2.12. The van der Waals surface area contributed by atoms with E-state index in [-0.39, 0.29) is 17.9 Å². The van der Waals surface area contributed by atoms with E-state index in [2.05, 4.69) is 0 Å². The van der Waals surface area contributed by atoms with Crippen molar-refractivity contribution in [3.63, 3.8) is 0 Å². The number of nitrogens with two attached hydrogens (primary N) is 1. The van der Waals surface area contributed by atoms with Crippen LogP contribution in [0.5, 0.6) is 5.75 Å². The SMILES string of the molecule is NCC(F)c1cc(F)ccc1O. The molecule has 66 valence electrons. The molecule has 0 spiro atoms. The Balaban J connectivity index is 3.04. The third kappa shape index (κ3) is 1.71. The van der Waals surface area contributed by atoms with Gasteiger partial charge in [-0.1, -0.05) is 0 Å². The van der Waals surface area contributed by atoms with Crippen LogP contribution in [0.2, 0.25) is 0 Å².